The number of nitrogen functional groups attached to an aromatic ring is 2. The number of nitrogens with zero attached hydrogens (tertiary/aromatic N) is 5. The van der Waals surface area contributed by atoms with Crippen LogP contribution in [0.15, 0.2) is 48.9 Å². The molecule has 1 aliphatic rings. The zero-order chi connectivity index (χ0) is 23.1. The van der Waals surface area contributed by atoms with Crippen molar-refractivity contribution in [1.29, 1.82) is 0 Å². The molecular weight excluding hydrogens is 438 g/mol. The minimum Gasteiger partial charge on any atom is -0.495 e. The van der Waals surface area contributed by atoms with Gasteiger partial charge in [0.25, 0.3) is 0 Å². The first-order chi connectivity index (χ1) is 16.0. The van der Waals surface area contributed by atoms with E-state index in [2.05, 4.69) is 28.1 Å². The molecule has 1 aliphatic heterocycles. The van der Waals surface area contributed by atoms with E-state index in [1.165, 1.54) is 0 Å². The van der Waals surface area contributed by atoms with Crippen molar-refractivity contribution in [3.63, 3.8) is 0 Å². The molecule has 33 heavy (non-hydrogen) atoms. The Labute approximate surface area is 196 Å². The Morgan fingerprint density at radius 1 is 1.12 bits per heavy atom. The fourth-order valence-electron chi connectivity index (χ4n) is 4.17. The average molecular weight is 462 g/mol. The minimum absolute atomic E-state index is 0.383. The molecule has 1 aromatic carbocycles. The molecule has 4 aromatic rings. The number of pyridine rings is 1. The smallest absolute Gasteiger partial charge is 0.164 e. The van der Waals surface area contributed by atoms with Crippen molar-refractivity contribution in [2.24, 2.45) is 0 Å². The van der Waals surface area contributed by atoms with Crippen LogP contribution in [-0.2, 0) is 0 Å². The number of likely N-dealkylation sites (N-methyl/N-ethyl adjacent to an activating group) is 1. The molecule has 168 valence electrons. The number of nitrogens with two attached hydrogens (primary N) is 2. The summed E-state index contributed by atoms with van der Waals surface area (Å²) in [5, 5.41) is 4.81. The van der Waals surface area contributed by atoms with E-state index in [4.69, 9.17) is 32.8 Å². The fraction of sp³-hybridized carbons (Fsp3) is 0.208. The molecule has 0 atom stereocenters. The maximum absolute atomic E-state index is 6.68. The van der Waals surface area contributed by atoms with Crippen molar-refractivity contribution >= 4 is 34.1 Å². The zero-order valence-electron chi connectivity index (χ0n) is 18.4. The third kappa shape index (κ3) is 3.67. The van der Waals surface area contributed by atoms with E-state index in [-0.39, 0.29) is 0 Å². The fourth-order valence-corrected chi connectivity index (χ4v) is 4.37. The molecular formula is C24H24ClN7O. The number of fused-ring (bicyclic) bond motifs is 1. The van der Waals surface area contributed by atoms with Crippen molar-refractivity contribution in [3.8, 4) is 28.4 Å². The normalized spacial score (nSPS) is 14.5. The molecule has 8 nitrogen and oxygen atoms in total. The molecule has 0 aliphatic carbocycles. The third-order valence-corrected chi connectivity index (χ3v) is 6.27. The lowest BCUT2D eigenvalue weighted by molar-refractivity contribution is 0.370. The number of anilines is 2. The van der Waals surface area contributed by atoms with Gasteiger partial charge in [0.15, 0.2) is 5.82 Å². The van der Waals surface area contributed by atoms with Crippen LogP contribution in [0.3, 0.4) is 0 Å². The van der Waals surface area contributed by atoms with Crippen LogP contribution < -0.4 is 16.2 Å². The molecule has 0 radical (unpaired) electrons. The first-order valence-electron chi connectivity index (χ1n) is 10.6. The standard InChI is InChI=1S/C24H24ClN7O/c1-31-9-6-14(7-10-31)15-11-19(33-2)22(27)20(21(15)26)24-28-13-17(25)23(30-24)16-12-29-32-8-4-3-5-18(16)32/h3-6,8,11-13H,7,9-10,26-27H2,1-2H3. The number of halogens is 1. The second-order valence-corrected chi connectivity index (χ2v) is 8.46. The topological polar surface area (TPSA) is 108 Å². The van der Waals surface area contributed by atoms with E-state index >= 15 is 0 Å². The van der Waals surface area contributed by atoms with E-state index in [9.17, 15) is 0 Å². The lowest BCUT2D eigenvalue weighted by Gasteiger charge is -2.24. The van der Waals surface area contributed by atoms with Gasteiger partial charge in [-0.1, -0.05) is 23.7 Å². The SMILES string of the molecule is COc1cc(C2=CCN(C)CC2)c(N)c(-c2ncc(Cl)c(-c3cnn4ccccc34)n2)c1N. The highest BCUT2D eigenvalue weighted by molar-refractivity contribution is 6.33. The quantitative estimate of drug-likeness (QED) is 0.442. The van der Waals surface area contributed by atoms with E-state index in [1.807, 2.05) is 30.5 Å². The number of ether oxygens (including phenoxy) is 1. The lowest BCUT2D eigenvalue weighted by Crippen LogP contribution is -2.24. The minimum atomic E-state index is 0.383. The summed E-state index contributed by atoms with van der Waals surface area (Å²) in [6, 6.07) is 7.70. The Morgan fingerprint density at radius 2 is 1.97 bits per heavy atom. The Hall–Kier alpha value is -3.62. The van der Waals surface area contributed by atoms with Crippen LogP contribution in [0.25, 0.3) is 33.7 Å². The molecule has 0 unspecified atom stereocenters. The van der Waals surface area contributed by atoms with Crippen LogP contribution in [0.2, 0.25) is 5.02 Å². The Kier molecular flexibility index (Phi) is 5.39. The molecule has 0 amide bonds. The number of hydrogen-bond acceptors (Lipinski definition) is 7. The van der Waals surface area contributed by atoms with Gasteiger partial charge in [-0.15, -0.1) is 0 Å². The monoisotopic (exact) mass is 461 g/mol. The Bertz CT molecular complexity index is 1400. The summed E-state index contributed by atoms with van der Waals surface area (Å²) >= 11 is 6.52. The summed E-state index contributed by atoms with van der Waals surface area (Å²) in [7, 11) is 3.68. The molecule has 0 bridgehead atoms. The molecule has 0 saturated carbocycles. The molecule has 3 aromatic heterocycles. The second-order valence-electron chi connectivity index (χ2n) is 8.05. The summed E-state index contributed by atoms with van der Waals surface area (Å²) in [4.78, 5) is 11.5. The lowest BCUT2D eigenvalue weighted by atomic mass is 9.94. The van der Waals surface area contributed by atoms with Crippen LogP contribution in [0.1, 0.15) is 12.0 Å². The predicted octanol–water partition coefficient (Wildman–Crippen LogP) is 4.00. The molecule has 9 heteroatoms. The molecule has 0 fully saturated rings. The van der Waals surface area contributed by atoms with Gasteiger partial charge in [0.05, 0.1) is 52.7 Å². The van der Waals surface area contributed by atoms with Crippen LogP contribution in [0.4, 0.5) is 11.4 Å². The first-order valence-corrected chi connectivity index (χ1v) is 10.9. The largest absolute Gasteiger partial charge is 0.495 e. The maximum atomic E-state index is 6.68. The Balaban J connectivity index is 1.70. The van der Waals surface area contributed by atoms with Gasteiger partial charge in [-0.3, -0.25) is 0 Å². The van der Waals surface area contributed by atoms with Gasteiger partial charge in [0.1, 0.15) is 5.75 Å². The van der Waals surface area contributed by atoms with Crippen molar-refractivity contribution in [3.05, 3.63) is 59.5 Å². The molecule has 0 spiro atoms. The van der Waals surface area contributed by atoms with Gasteiger partial charge >= 0.3 is 0 Å². The molecule has 4 N–H and O–H groups in total. The molecule has 4 heterocycles. The number of methoxy groups -OCH3 is 1. The summed E-state index contributed by atoms with van der Waals surface area (Å²) in [5.74, 6) is 0.915. The van der Waals surface area contributed by atoms with Gasteiger partial charge < -0.3 is 21.1 Å². The van der Waals surface area contributed by atoms with E-state index in [0.29, 0.717) is 39.2 Å². The average Bonchev–Trinajstić information content (AvgIpc) is 3.25. The van der Waals surface area contributed by atoms with E-state index in [0.717, 1.165) is 41.7 Å². The summed E-state index contributed by atoms with van der Waals surface area (Å²) in [5.41, 5.74) is 18.9. The first kappa shape index (κ1) is 21.2. The highest BCUT2D eigenvalue weighted by Crippen LogP contribution is 2.43. The predicted molar refractivity (Wildman–Crippen MR) is 132 cm³/mol. The summed E-state index contributed by atoms with van der Waals surface area (Å²) < 4.78 is 7.36. The van der Waals surface area contributed by atoms with Crippen LogP contribution in [-0.4, -0.2) is 51.7 Å². The van der Waals surface area contributed by atoms with Crippen molar-refractivity contribution in [1.82, 2.24) is 24.5 Å². The van der Waals surface area contributed by atoms with Crippen molar-refractivity contribution in [2.75, 3.05) is 38.7 Å². The van der Waals surface area contributed by atoms with Crippen LogP contribution >= 0.6 is 11.6 Å². The van der Waals surface area contributed by atoms with E-state index < -0.39 is 0 Å². The maximum Gasteiger partial charge on any atom is 0.164 e. The summed E-state index contributed by atoms with van der Waals surface area (Å²) in [6.45, 7) is 1.80. The number of hydrogen-bond donors (Lipinski definition) is 2. The highest BCUT2D eigenvalue weighted by Gasteiger charge is 2.23. The van der Waals surface area contributed by atoms with E-state index in [1.54, 1.807) is 24.0 Å². The van der Waals surface area contributed by atoms with Gasteiger partial charge in [-0.05, 0) is 37.2 Å². The van der Waals surface area contributed by atoms with Gasteiger partial charge in [-0.2, -0.15) is 5.10 Å². The molecule has 0 saturated heterocycles. The van der Waals surface area contributed by atoms with Gasteiger partial charge in [0.2, 0.25) is 0 Å². The number of aromatic nitrogens is 4. The van der Waals surface area contributed by atoms with Crippen molar-refractivity contribution in [2.45, 2.75) is 6.42 Å². The zero-order valence-corrected chi connectivity index (χ0v) is 19.2. The Morgan fingerprint density at radius 3 is 2.73 bits per heavy atom. The third-order valence-electron chi connectivity index (χ3n) is 6.00. The summed E-state index contributed by atoms with van der Waals surface area (Å²) in [6.07, 6.45) is 8.23. The molecule has 5 rings (SSSR count). The number of rotatable bonds is 4. The van der Waals surface area contributed by atoms with Crippen LogP contribution in [0.5, 0.6) is 5.75 Å². The van der Waals surface area contributed by atoms with Gasteiger partial charge in [0, 0.05) is 30.4 Å². The number of benzene rings is 1. The second kappa shape index (κ2) is 8.38. The van der Waals surface area contributed by atoms with Crippen molar-refractivity contribution < 1.29 is 4.74 Å². The van der Waals surface area contributed by atoms with Crippen LogP contribution in [0, 0.1) is 0 Å². The highest BCUT2D eigenvalue weighted by atomic mass is 35.5. The van der Waals surface area contributed by atoms with Gasteiger partial charge in [-0.25, -0.2) is 14.5 Å².